The number of hydrogen-bond acceptors (Lipinski definition) is 4. The van der Waals surface area contributed by atoms with Crippen LogP contribution in [0.2, 0.25) is 0 Å². The topological polar surface area (TPSA) is 67.8 Å². The number of hydrogen-bond donors (Lipinski definition) is 2. The third-order valence-electron chi connectivity index (χ3n) is 3.65. The van der Waals surface area contributed by atoms with Gasteiger partial charge in [-0.05, 0) is 24.1 Å². The lowest BCUT2D eigenvalue weighted by Gasteiger charge is -2.31. The Morgan fingerprint density at radius 2 is 1.82 bits per heavy atom. The second-order valence-electron chi connectivity index (χ2n) is 6.42. The molecule has 0 fully saturated rings. The third kappa shape index (κ3) is 4.63. The molecule has 0 heterocycles. The van der Waals surface area contributed by atoms with Crippen LogP contribution in [0.1, 0.15) is 33.3 Å². The molecule has 0 aliphatic rings. The highest BCUT2D eigenvalue weighted by molar-refractivity contribution is 5.78. The number of nitrogens with one attached hydrogen (secondary N) is 1. The minimum Gasteiger partial charge on any atom is -0.493 e. The van der Waals surface area contributed by atoms with Crippen molar-refractivity contribution in [3.63, 3.8) is 0 Å². The molecule has 0 aliphatic heterocycles. The van der Waals surface area contributed by atoms with E-state index in [-0.39, 0.29) is 11.8 Å². The molecule has 1 amide bonds. The first-order chi connectivity index (χ1) is 10.2. The van der Waals surface area contributed by atoms with Gasteiger partial charge in [0.15, 0.2) is 11.5 Å². The average molecular weight is 309 g/mol. The second-order valence-corrected chi connectivity index (χ2v) is 6.42. The molecule has 1 aromatic carbocycles. The van der Waals surface area contributed by atoms with Gasteiger partial charge in [-0.1, -0.05) is 33.8 Å². The monoisotopic (exact) mass is 309 g/mol. The van der Waals surface area contributed by atoms with E-state index in [2.05, 4.69) is 5.32 Å². The first kappa shape index (κ1) is 18.3. The van der Waals surface area contributed by atoms with Crippen molar-refractivity contribution in [3.8, 4) is 11.5 Å². The molecule has 2 N–H and O–H groups in total. The van der Waals surface area contributed by atoms with Crippen LogP contribution >= 0.6 is 0 Å². The minimum atomic E-state index is -0.921. The number of amides is 1. The van der Waals surface area contributed by atoms with Crippen LogP contribution in [0, 0.1) is 11.3 Å². The first-order valence-corrected chi connectivity index (χ1v) is 7.40. The van der Waals surface area contributed by atoms with Gasteiger partial charge in [-0.25, -0.2) is 0 Å². The Labute approximate surface area is 132 Å². The summed E-state index contributed by atoms with van der Waals surface area (Å²) >= 11 is 0. The van der Waals surface area contributed by atoms with Crippen LogP contribution < -0.4 is 14.8 Å². The van der Waals surface area contributed by atoms with Crippen LogP contribution in [-0.4, -0.2) is 31.5 Å². The Morgan fingerprint density at radius 1 is 1.23 bits per heavy atom. The zero-order chi connectivity index (χ0) is 16.9. The van der Waals surface area contributed by atoms with Crippen LogP contribution in [0.25, 0.3) is 0 Å². The van der Waals surface area contributed by atoms with Crippen molar-refractivity contribution in [2.75, 3.05) is 14.2 Å². The summed E-state index contributed by atoms with van der Waals surface area (Å²) in [5.41, 5.74) is 0.491. The standard InChI is InChI=1S/C17H27NO4/c1-11(2)15(19)18-16(20)17(3,4)10-12-7-8-13(21-5)14(9-12)22-6/h7-9,11,16,20H,10H2,1-6H3,(H,18,19). The predicted molar refractivity (Wildman–Crippen MR) is 86.0 cm³/mol. The second kappa shape index (κ2) is 7.49. The molecule has 1 atom stereocenters. The number of ether oxygens (including phenoxy) is 2. The number of rotatable bonds is 7. The summed E-state index contributed by atoms with van der Waals surface area (Å²) in [5, 5.41) is 12.9. The van der Waals surface area contributed by atoms with Gasteiger partial charge in [0.2, 0.25) is 5.91 Å². The van der Waals surface area contributed by atoms with Gasteiger partial charge in [-0.2, -0.15) is 0 Å². The summed E-state index contributed by atoms with van der Waals surface area (Å²) in [6.45, 7) is 7.41. The molecule has 22 heavy (non-hydrogen) atoms. The first-order valence-electron chi connectivity index (χ1n) is 7.40. The van der Waals surface area contributed by atoms with Crippen molar-refractivity contribution in [2.24, 2.45) is 11.3 Å². The van der Waals surface area contributed by atoms with E-state index in [9.17, 15) is 9.90 Å². The van der Waals surface area contributed by atoms with Crippen LogP contribution in [0.5, 0.6) is 11.5 Å². The fraction of sp³-hybridized carbons (Fsp3) is 0.588. The van der Waals surface area contributed by atoms with Crippen molar-refractivity contribution >= 4 is 5.91 Å². The smallest absolute Gasteiger partial charge is 0.224 e. The summed E-state index contributed by atoms with van der Waals surface area (Å²) in [6, 6.07) is 5.65. The SMILES string of the molecule is COc1ccc(CC(C)(C)C(O)NC(=O)C(C)C)cc1OC. The molecule has 5 nitrogen and oxygen atoms in total. The molecule has 0 radical (unpaired) electrons. The highest BCUT2D eigenvalue weighted by Crippen LogP contribution is 2.31. The highest BCUT2D eigenvalue weighted by Gasteiger charge is 2.30. The summed E-state index contributed by atoms with van der Waals surface area (Å²) < 4.78 is 10.5. The van der Waals surface area contributed by atoms with E-state index in [4.69, 9.17) is 9.47 Å². The number of aliphatic hydroxyl groups excluding tert-OH is 1. The van der Waals surface area contributed by atoms with Crippen molar-refractivity contribution in [1.29, 1.82) is 0 Å². The quantitative estimate of drug-likeness (QED) is 0.759. The molecule has 124 valence electrons. The van der Waals surface area contributed by atoms with Crippen molar-refractivity contribution in [3.05, 3.63) is 23.8 Å². The fourth-order valence-electron chi connectivity index (χ4n) is 2.11. The predicted octanol–water partition coefficient (Wildman–Crippen LogP) is 2.36. The van der Waals surface area contributed by atoms with Crippen molar-refractivity contribution < 1.29 is 19.4 Å². The van der Waals surface area contributed by atoms with Crippen LogP contribution in [0.15, 0.2) is 18.2 Å². The number of benzene rings is 1. The van der Waals surface area contributed by atoms with Crippen LogP contribution in [0.4, 0.5) is 0 Å². The molecule has 0 aliphatic carbocycles. The summed E-state index contributed by atoms with van der Waals surface area (Å²) in [5.74, 6) is 0.994. The normalized spacial score (nSPS) is 12.9. The summed E-state index contributed by atoms with van der Waals surface area (Å²) in [4.78, 5) is 11.7. The molecular formula is C17H27NO4. The van der Waals surface area contributed by atoms with Gasteiger partial charge in [-0.3, -0.25) is 4.79 Å². The lowest BCUT2D eigenvalue weighted by molar-refractivity contribution is -0.129. The zero-order valence-electron chi connectivity index (χ0n) is 14.3. The fourth-order valence-corrected chi connectivity index (χ4v) is 2.11. The maximum Gasteiger partial charge on any atom is 0.224 e. The lowest BCUT2D eigenvalue weighted by atomic mass is 9.83. The largest absolute Gasteiger partial charge is 0.493 e. The molecule has 1 aromatic rings. The van der Waals surface area contributed by atoms with Crippen LogP contribution in [0.3, 0.4) is 0 Å². The molecule has 1 unspecified atom stereocenters. The van der Waals surface area contributed by atoms with E-state index in [1.54, 1.807) is 28.1 Å². The number of carbonyl (C=O) groups is 1. The van der Waals surface area contributed by atoms with Gasteiger partial charge in [0, 0.05) is 11.3 Å². The van der Waals surface area contributed by atoms with E-state index in [0.29, 0.717) is 17.9 Å². The molecule has 0 spiro atoms. The summed E-state index contributed by atoms with van der Waals surface area (Å²) in [7, 11) is 3.18. The summed E-state index contributed by atoms with van der Waals surface area (Å²) in [6.07, 6.45) is -0.331. The third-order valence-corrected chi connectivity index (χ3v) is 3.65. The van der Waals surface area contributed by atoms with Gasteiger partial charge < -0.3 is 19.9 Å². The average Bonchev–Trinajstić information content (AvgIpc) is 2.46. The van der Waals surface area contributed by atoms with Gasteiger partial charge in [-0.15, -0.1) is 0 Å². The van der Waals surface area contributed by atoms with Gasteiger partial charge in [0.1, 0.15) is 6.23 Å². The molecule has 5 heteroatoms. The molecule has 1 rings (SSSR count). The van der Waals surface area contributed by atoms with Crippen molar-refractivity contribution in [2.45, 2.75) is 40.3 Å². The maximum absolute atomic E-state index is 11.7. The van der Waals surface area contributed by atoms with E-state index < -0.39 is 11.6 Å². The molecule has 0 saturated carbocycles. The lowest BCUT2D eigenvalue weighted by Crippen LogP contribution is -2.47. The Kier molecular flexibility index (Phi) is 6.23. The molecule has 0 saturated heterocycles. The maximum atomic E-state index is 11.7. The minimum absolute atomic E-state index is 0.159. The van der Waals surface area contributed by atoms with Gasteiger partial charge in [0.25, 0.3) is 0 Å². The van der Waals surface area contributed by atoms with E-state index in [1.807, 2.05) is 32.0 Å². The van der Waals surface area contributed by atoms with Crippen LogP contribution in [-0.2, 0) is 11.2 Å². The van der Waals surface area contributed by atoms with Gasteiger partial charge in [0.05, 0.1) is 14.2 Å². The Morgan fingerprint density at radius 3 is 2.32 bits per heavy atom. The van der Waals surface area contributed by atoms with E-state index in [0.717, 1.165) is 5.56 Å². The highest BCUT2D eigenvalue weighted by atomic mass is 16.5. The number of aliphatic hydroxyl groups is 1. The molecule has 0 aromatic heterocycles. The Balaban J connectivity index is 2.85. The number of carbonyl (C=O) groups excluding carboxylic acids is 1. The van der Waals surface area contributed by atoms with Crippen molar-refractivity contribution in [1.82, 2.24) is 5.32 Å². The van der Waals surface area contributed by atoms with Gasteiger partial charge >= 0.3 is 0 Å². The zero-order valence-corrected chi connectivity index (χ0v) is 14.3. The number of methoxy groups -OCH3 is 2. The molecular weight excluding hydrogens is 282 g/mol. The Hall–Kier alpha value is -1.75. The van der Waals surface area contributed by atoms with E-state index in [1.165, 1.54) is 0 Å². The molecule has 0 bridgehead atoms. The Bertz CT molecular complexity index is 511. The van der Waals surface area contributed by atoms with E-state index >= 15 is 0 Å².